The highest BCUT2D eigenvalue weighted by atomic mass is 79.9. The molecule has 0 atom stereocenters. The standard InChI is InChI=1S/C24H22BrN3O4/c25-20-11-4-5-12-21(20)28-22(29)15-26-23(30)16-32-19-10-6-9-18(13-19)24(31)27-14-17-7-2-1-3-8-17/h1-13H,14-16H2,(H,26,30)(H,27,31)(H,28,29). The largest absolute Gasteiger partial charge is 0.484 e. The van der Waals surface area contributed by atoms with E-state index in [0.717, 1.165) is 10.0 Å². The molecule has 0 saturated carbocycles. The molecule has 0 saturated heterocycles. The number of rotatable bonds is 9. The molecule has 0 spiro atoms. The summed E-state index contributed by atoms with van der Waals surface area (Å²) < 4.78 is 6.21. The minimum atomic E-state index is -0.453. The fourth-order valence-corrected chi connectivity index (χ4v) is 3.13. The van der Waals surface area contributed by atoms with Crippen molar-refractivity contribution in [2.45, 2.75) is 6.54 Å². The third-order valence-corrected chi connectivity index (χ3v) is 5.05. The van der Waals surface area contributed by atoms with Crippen molar-refractivity contribution < 1.29 is 19.1 Å². The first-order chi connectivity index (χ1) is 15.5. The van der Waals surface area contributed by atoms with Crippen LogP contribution in [0.25, 0.3) is 0 Å². The SMILES string of the molecule is O=C(COc1cccc(C(=O)NCc2ccccc2)c1)NCC(=O)Nc1ccccc1Br. The van der Waals surface area contributed by atoms with E-state index in [0.29, 0.717) is 23.5 Å². The Labute approximate surface area is 194 Å². The lowest BCUT2D eigenvalue weighted by atomic mass is 10.2. The van der Waals surface area contributed by atoms with Gasteiger partial charge in [-0.15, -0.1) is 0 Å². The second kappa shape index (κ2) is 11.7. The van der Waals surface area contributed by atoms with Crippen molar-refractivity contribution in [1.29, 1.82) is 0 Å². The first-order valence-corrected chi connectivity index (χ1v) is 10.7. The van der Waals surface area contributed by atoms with Crippen LogP contribution in [0.3, 0.4) is 0 Å². The monoisotopic (exact) mass is 495 g/mol. The summed E-state index contributed by atoms with van der Waals surface area (Å²) in [6, 6.07) is 23.3. The van der Waals surface area contributed by atoms with Gasteiger partial charge in [0.2, 0.25) is 5.91 Å². The second-order valence-electron chi connectivity index (χ2n) is 6.79. The van der Waals surface area contributed by atoms with Crippen molar-refractivity contribution in [2.75, 3.05) is 18.5 Å². The van der Waals surface area contributed by atoms with Crippen LogP contribution in [0.1, 0.15) is 15.9 Å². The number of para-hydroxylation sites is 1. The summed E-state index contributed by atoms with van der Waals surface area (Å²) in [4.78, 5) is 36.4. The molecular formula is C24H22BrN3O4. The summed E-state index contributed by atoms with van der Waals surface area (Å²) in [5.41, 5.74) is 2.03. The van der Waals surface area contributed by atoms with E-state index in [-0.39, 0.29) is 25.0 Å². The van der Waals surface area contributed by atoms with Crippen LogP contribution in [-0.4, -0.2) is 30.9 Å². The molecule has 0 unspecified atom stereocenters. The van der Waals surface area contributed by atoms with Crippen LogP contribution in [0, 0.1) is 0 Å². The zero-order chi connectivity index (χ0) is 22.8. The minimum absolute atomic E-state index is 0.189. The van der Waals surface area contributed by atoms with Crippen molar-refractivity contribution in [3.8, 4) is 5.75 Å². The van der Waals surface area contributed by atoms with E-state index in [4.69, 9.17) is 4.74 Å². The Morgan fingerprint density at radius 1 is 0.812 bits per heavy atom. The van der Waals surface area contributed by atoms with Gasteiger partial charge in [0.25, 0.3) is 11.8 Å². The minimum Gasteiger partial charge on any atom is -0.484 e. The molecule has 0 bridgehead atoms. The molecule has 7 nitrogen and oxygen atoms in total. The summed E-state index contributed by atoms with van der Waals surface area (Å²) >= 11 is 3.34. The smallest absolute Gasteiger partial charge is 0.258 e. The van der Waals surface area contributed by atoms with E-state index >= 15 is 0 Å². The third-order valence-electron chi connectivity index (χ3n) is 4.36. The molecule has 3 amide bonds. The van der Waals surface area contributed by atoms with Gasteiger partial charge in [0.15, 0.2) is 6.61 Å². The highest BCUT2D eigenvalue weighted by Gasteiger charge is 2.10. The topological polar surface area (TPSA) is 96.5 Å². The molecule has 0 fully saturated rings. The van der Waals surface area contributed by atoms with Gasteiger partial charge in [0, 0.05) is 16.6 Å². The Hall–Kier alpha value is -3.65. The maximum absolute atomic E-state index is 12.4. The number of hydrogen-bond acceptors (Lipinski definition) is 4. The second-order valence-corrected chi connectivity index (χ2v) is 7.64. The molecule has 164 valence electrons. The molecule has 32 heavy (non-hydrogen) atoms. The Kier molecular flexibility index (Phi) is 8.39. The van der Waals surface area contributed by atoms with E-state index in [1.165, 1.54) is 0 Å². The number of amides is 3. The Morgan fingerprint density at radius 3 is 2.34 bits per heavy atom. The number of carbonyl (C=O) groups is 3. The van der Waals surface area contributed by atoms with Crippen LogP contribution in [0.2, 0.25) is 0 Å². The number of ether oxygens (including phenoxy) is 1. The van der Waals surface area contributed by atoms with E-state index in [1.54, 1.807) is 42.5 Å². The van der Waals surface area contributed by atoms with E-state index in [2.05, 4.69) is 31.9 Å². The summed E-state index contributed by atoms with van der Waals surface area (Å²) in [7, 11) is 0. The number of hydrogen-bond donors (Lipinski definition) is 3. The molecular weight excluding hydrogens is 474 g/mol. The van der Waals surface area contributed by atoms with E-state index < -0.39 is 5.91 Å². The fourth-order valence-electron chi connectivity index (χ4n) is 2.74. The molecule has 0 aliphatic carbocycles. The molecule has 0 aromatic heterocycles. The molecule has 0 aliphatic heterocycles. The molecule has 3 aromatic rings. The van der Waals surface area contributed by atoms with Crippen molar-refractivity contribution >= 4 is 39.3 Å². The van der Waals surface area contributed by atoms with Crippen LogP contribution < -0.4 is 20.7 Å². The average molecular weight is 496 g/mol. The highest BCUT2D eigenvalue weighted by Crippen LogP contribution is 2.20. The lowest BCUT2D eigenvalue weighted by molar-refractivity contribution is -0.125. The summed E-state index contributed by atoms with van der Waals surface area (Å²) in [6.45, 7) is -0.0579. The fraction of sp³-hybridized carbons (Fsp3) is 0.125. The van der Waals surface area contributed by atoms with Gasteiger partial charge in [0.1, 0.15) is 5.75 Å². The van der Waals surface area contributed by atoms with Gasteiger partial charge in [-0.1, -0.05) is 48.5 Å². The van der Waals surface area contributed by atoms with Crippen LogP contribution in [-0.2, 0) is 16.1 Å². The van der Waals surface area contributed by atoms with Gasteiger partial charge in [-0.2, -0.15) is 0 Å². The van der Waals surface area contributed by atoms with Gasteiger partial charge < -0.3 is 20.7 Å². The molecule has 0 heterocycles. The normalized spacial score (nSPS) is 10.2. The summed E-state index contributed by atoms with van der Waals surface area (Å²) in [6.07, 6.45) is 0. The number of carbonyl (C=O) groups excluding carboxylic acids is 3. The van der Waals surface area contributed by atoms with Gasteiger partial charge in [0.05, 0.1) is 12.2 Å². The van der Waals surface area contributed by atoms with Gasteiger partial charge in [-0.3, -0.25) is 14.4 Å². The van der Waals surface area contributed by atoms with Crippen molar-refractivity contribution in [2.24, 2.45) is 0 Å². The third kappa shape index (κ3) is 7.24. The van der Waals surface area contributed by atoms with Crippen molar-refractivity contribution in [3.63, 3.8) is 0 Å². The first kappa shape index (κ1) is 23.0. The average Bonchev–Trinajstić information content (AvgIpc) is 2.82. The van der Waals surface area contributed by atoms with E-state index in [9.17, 15) is 14.4 Å². The van der Waals surface area contributed by atoms with Gasteiger partial charge in [-0.05, 0) is 51.8 Å². The lowest BCUT2D eigenvalue weighted by Crippen LogP contribution is -2.35. The number of anilines is 1. The van der Waals surface area contributed by atoms with Crippen LogP contribution in [0.4, 0.5) is 5.69 Å². The number of benzene rings is 3. The van der Waals surface area contributed by atoms with Crippen molar-refractivity contribution in [3.05, 3.63) is 94.5 Å². The molecule has 3 N–H and O–H groups in total. The Bertz CT molecular complexity index is 1090. The van der Waals surface area contributed by atoms with Crippen molar-refractivity contribution in [1.82, 2.24) is 10.6 Å². The van der Waals surface area contributed by atoms with Crippen LogP contribution in [0.5, 0.6) is 5.75 Å². The predicted molar refractivity (Wildman–Crippen MR) is 125 cm³/mol. The predicted octanol–water partition coefficient (Wildman–Crippen LogP) is 3.51. The summed E-state index contributed by atoms with van der Waals surface area (Å²) in [5, 5.41) is 8.04. The zero-order valence-electron chi connectivity index (χ0n) is 17.1. The molecule has 0 aliphatic rings. The van der Waals surface area contributed by atoms with Gasteiger partial charge >= 0.3 is 0 Å². The van der Waals surface area contributed by atoms with Gasteiger partial charge in [-0.25, -0.2) is 0 Å². The highest BCUT2D eigenvalue weighted by molar-refractivity contribution is 9.10. The Morgan fingerprint density at radius 2 is 1.56 bits per heavy atom. The molecule has 0 radical (unpaired) electrons. The first-order valence-electron chi connectivity index (χ1n) is 9.87. The Balaban J connectivity index is 1.43. The quantitative estimate of drug-likeness (QED) is 0.423. The van der Waals surface area contributed by atoms with E-state index in [1.807, 2.05) is 36.4 Å². The maximum atomic E-state index is 12.4. The molecule has 3 rings (SSSR count). The molecule has 8 heteroatoms. The zero-order valence-corrected chi connectivity index (χ0v) is 18.7. The lowest BCUT2D eigenvalue weighted by Gasteiger charge is -2.10. The molecule has 3 aromatic carbocycles. The van der Waals surface area contributed by atoms with Crippen LogP contribution in [0.15, 0.2) is 83.3 Å². The summed E-state index contributed by atoms with van der Waals surface area (Å²) in [5.74, 6) is -0.675. The number of nitrogens with one attached hydrogen (secondary N) is 3. The number of halogens is 1. The van der Waals surface area contributed by atoms with Crippen LogP contribution >= 0.6 is 15.9 Å². The maximum Gasteiger partial charge on any atom is 0.258 e.